The quantitative estimate of drug-likeness (QED) is 0.587. The number of hydrogen-bond donors (Lipinski definition) is 2. The maximum absolute atomic E-state index is 13.4. The van der Waals surface area contributed by atoms with Crippen LogP contribution in [0.15, 0.2) is 51.8 Å². The molecule has 6 nitrogen and oxygen atoms in total. The second-order valence-electron chi connectivity index (χ2n) is 9.17. The number of nitrogens with zero attached hydrogens (tertiary/aromatic N) is 1. The van der Waals surface area contributed by atoms with E-state index in [9.17, 15) is 14.7 Å². The molecule has 32 heavy (non-hydrogen) atoms. The zero-order valence-corrected chi connectivity index (χ0v) is 18.7. The van der Waals surface area contributed by atoms with Gasteiger partial charge in [0.05, 0.1) is 11.1 Å². The molecular weight excluding hydrogens is 404 g/mol. The minimum Gasteiger partial charge on any atom is -0.380 e. The minimum absolute atomic E-state index is 0.257. The number of anilines is 1. The summed E-state index contributed by atoms with van der Waals surface area (Å²) < 4.78 is 4.77. The summed E-state index contributed by atoms with van der Waals surface area (Å²) in [7, 11) is 0. The van der Waals surface area contributed by atoms with E-state index in [1.807, 2.05) is 31.2 Å². The normalized spacial score (nSPS) is 16.6. The average molecular weight is 435 g/mol. The Hall–Kier alpha value is -2.99. The van der Waals surface area contributed by atoms with E-state index in [4.69, 9.17) is 4.52 Å². The zero-order valence-electron chi connectivity index (χ0n) is 18.7. The molecular formula is C26H30N2O4. The highest BCUT2D eigenvalue weighted by molar-refractivity contribution is 5.99. The van der Waals surface area contributed by atoms with E-state index in [1.165, 1.54) is 6.42 Å². The Morgan fingerprint density at radius 2 is 1.81 bits per heavy atom. The molecule has 1 aromatic heterocycles. The third-order valence-corrected chi connectivity index (χ3v) is 6.54. The van der Waals surface area contributed by atoms with Crippen molar-refractivity contribution in [2.24, 2.45) is 5.92 Å². The number of nitrogens with one attached hydrogen (secondary N) is 1. The molecule has 168 valence electrons. The molecule has 1 fully saturated rings. The van der Waals surface area contributed by atoms with E-state index >= 15 is 0 Å². The van der Waals surface area contributed by atoms with Crippen molar-refractivity contribution in [2.75, 3.05) is 5.32 Å². The summed E-state index contributed by atoms with van der Waals surface area (Å²) in [4.78, 5) is 25.3. The minimum atomic E-state index is -1.52. The molecule has 3 aromatic rings. The lowest BCUT2D eigenvalue weighted by atomic mass is 9.78. The molecule has 1 amide bonds. The number of amides is 1. The van der Waals surface area contributed by atoms with Crippen molar-refractivity contribution in [3.8, 4) is 0 Å². The zero-order chi connectivity index (χ0) is 22.7. The lowest BCUT2D eigenvalue weighted by molar-refractivity contribution is -0.136. The van der Waals surface area contributed by atoms with Gasteiger partial charge in [-0.1, -0.05) is 67.1 Å². The molecule has 0 radical (unpaired) electrons. The summed E-state index contributed by atoms with van der Waals surface area (Å²) >= 11 is 0. The summed E-state index contributed by atoms with van der Waals surface area (Å²) in [5, 5.41) is 19.3. The predicted octanol–water partition coefficient (Wildman–Crippen LogP) is 4.69. The van der Waals surface area contributed by atoms with E-state index in [0.29, 0.717) is 34.5 Å². The van der Waals surface area contributed by atoms with Gasteiger partial charge in [-0.15, -0.1) is 0 Å². The summed E-state index contributed by atoms with van der Waals surface area (Å²) in [6, 6.07) is 12.9. The van der Waals surface area contributed by atoms with Gasteiger partial charge in [0, 0.05) is 17.5 Å². The molecule has 6 heteroatoms. The molecule has 0 bridgehead atoms. The molecule has 0 aliphatic heterocycles. The van der Waals surface area contributed by atoms with E-state index in [2.05, 4.69) is 10.5 Å². The topological polar surface area (TPSA) is 92.4 Å². The fourth-order valence-corrected chi connectivity index (χ4v) is 4.71. The van der Waals surface area contributed by atoms with Crippen LogP contribution in [0, 0.1) is 19.8 Å². The average Bonchev–Trinajstić information content (AvgIpc) is 2.78. The fraction of sp³-hybridized carbons (Fsp3) is 0.423. The number of rotatable bonds is 6. The number of hydrogen-bond acceptors (Lipinski definition) is 5. The highest BCUT2D eigenvalue weighted by atomic mass is 16.5. The molecule has 1 heterocycles. The summed E-state index contributed by atoms with van der Waals surface area (Å²) in [6.07, 6.45) is 6.29. The predicted molar refractivity (Wildman–Crippen MR) is 125 cm³/mol. The van der Waals surface area contributed by atoms with E-state index < -0.39 is 17.1 Å². The molecule has 0 spiro atoms. The fourth-order valence-electron chi connectivity index (χ4n) is 4.71. The summed E-state index contributed by atoms with van der Waals surface area (Å²) in [5.41, 5.74) is 1.11. The van der Waals surface area contributed by atoms with Gasteiger partial charge in [0.1, 0.15) is 5.60 Å². The van der Waals surface area contributed by atoms with Crippen LogP contribution in [0.4, 0.5) is 5.69 Å². The standard InChI is InChI=1S/C26H30N2O4/c1-17-8-10-20(11-9-17)16-26(31,15-19-6-4-3-5-7-19)25(30)27-21-12-13-22-23(14-21)18(2)28-32-24(22)29/h8-14,19,31H,3-7,15-16H2,1-2H3,(H,27,30). The van der Waals surface area contributed by atoms with Crippen molar-refractivity contribution in [3.63, 3.8) is 0 Å². The van der Waals surface area contributed by atoms with Gasteiger partial charge in [-0.3, -0.25) is 4.79 Å². The largest absolute Gasteiger partial charge is 0.380 e. The van der Waals surface area contributed by atoms with Gasteiger partial charge in [-0.25, -0.2) is 4.79 Å². The summed E-state index contributed by atoms with van der Waals surface area (Å²) in [6.45, 7) is 3.76. The maximum atomic E-state index is 13.4. The first-order valence-electron chi connectivity index (χ1n) is 11.3. The van der Waals surface area contributed by atoms with E-state index in [1.54, 1.807) is 25.1 Å². The van der Waals surface area contributed by atoms with E-state index in [0.717, 1.165) is 36.8 Å². The molecule has 2 aromatic carbocycles. The smallest absolute Gasteiger partial charge is 0.366 e. The van der Waals surface area contributed by atoms with E-state index in [-0.39, 0.29) is 6.42 Å². The maximum Gasteiger partial charge on any atom is 0.366 e. The number of carbonyl (C=O) groups is 1. The number of carbonyl (C=O) groups excluding carboxylic acids is 1. The molecule has 4 rings (SSSR count). The van der Waals surface area contributed by atoms with Crippen molar-refractivity contribution in [2.45, 2.75) is 64.4 Å². The second-order valence-corrected chi connectivity index (χ2v) is 9.17. The lowest BCUT2D eigenvalue weighted by Gasteiger charge is -2.33. The van der Waals surface area contributed by atoms with Crippen LogP contribution in [0.5, 0.6) is 0 Å². The highest BCUT2D eigenvalue weighted by Crippen LogP contribution is 2.33. The molecule has 1 unspecified atom stereocenters. The number of benzene rings is 2. The van der Waals surface area contributed by atoms with Gasteiger partial charge in [0.2, 0.25) is 0 Å². The van der Waals surface area contributed by atoms with Crippen LogP contribution in [0.2, 0.25) is 0 Å². The number of aryl methyl sites for hydroxylation is 2. The molecule has 1 aliphatic carbocycles. The molecule has 1 saturated carbocycles. The van der Waals surface area contributed by atoms with Crippen LogP contribution in [0.3, 0.4) is 0 Å². The Morgan fingerprint density at radius 3 is 2.53 bits per heavy atom. The van der Waals surface area contributed by atoms with Crippen molar-refractivity contribution in [3.05, 3.63) is 69.7 Å². The third kappa shape index (κ3) is 4.91. The first kappa shape index (κ1) is 22.2. The van der Waals surface area contributed by atoms with Crippen molar-refractivity contribution >= 4 is 22.4 Å². The highest BCUT2D eigenvalue weighted by Gasteiger charge is 2.39. The Bertz CT molecular complexity index is 1160. The first-order valence-corrected chi connectivity index (χ1v) is 11.3. The van der Waals surface area contributed by atoms with Gasteiger partial charge >= 0.3 is 5.63 Å². The third-order valence-electron chi connectivity index (χ3n) is 6.54. The monoisotopic (exact) mass is 434 g/mol. The Morgan fingerprint density at radius 1 is 1.09 bits per heavy atom. The van der Waals surface area contributed by atoms with Crippen LogP contribution in [-0.2, 0) is 11.2 Å². The summed E-state index contributed by atoms with van der Waals surface area (Å²) in [5.74, 6) is -0.0887. The number of fused-ring (bicyclic) bond motifs is 1. The Kier molecular flexibility index (Phi) is 6.42. The molecule has 1 atom stereocenters. The molecule has 0 saturated heterocycles. The van der Waals surface area contributed by atoms with Gasteiger partial charge in [0.25, 0.3) is 5.91 Å². The van der Waals surface area contributed by atoms with Crippen LogP contribution >= 0.6 is 0 Å². The second kappa shape index (κ2) is 9.25. The first-order chi connectivity index (χ1) is 15.3. The van der Waals surface area contributed by atoms with Crippen molar-refractivity contribution in [1.29, 1.82) is 0 Å². The van der Waals surface area contributed by atoms with Crippen LogP contribution in [0.1, 0.15) is 55.3 Å². The van der Waals surface area contributed by atoms with Gasteiger partial charge < -0.3 is 14.9 Å². The van der Waals surface area contributed by atoms with Crippen molar-refractivity contribution < 1.29 is 14.4 Å². The van der Waals surface area contributed by atoms with Crippen LogP contribution in [0.25, 0.3) is 10.8 Å². The SMILES string of the molecule is Cc1ccc(CC(O)(CC2CCCCC2)C(=O)Nc2ccc3c(=O)onc(C)c3c2)cc1. The van der Waals surface area contributed by atoms with Gasteiger partial charge in [-0.2, -0.15) is 0 Å². The molecule has 2 N–H and O–H groups in total. The lowest BCUT2D eigenvalue weighted by Crippen LogP contribution is -2.46. The number of aromatic nitrogens is 1. The molecule has 1 aliphatic rings. The van der Waals surface area contributed by atoms with Gasteiger partial charge in [-0.05, 0) is 49.9 Å². The van der Waals surface area contributed by atoms with Crippen LogP contribution in [-0.4, -0.2) is 21.8 Å². The van der Waals surface area contributed by atoms with Crippen molar-refractivity contribution in [1.82, 2.24) is 5.16 Å². The van der Waals surface area contributed by atoms with Crippen LogP contribution < -0.4 is 10.9 Å². The Balaban J connectivity index is 1.61. The Labute approximate surface area is 187 Å². The number of aliphatic hydroxyl groups is 1. The van der Waals surface area contributed by atoms with Gasteiger partial charge in [0.15, 0.2) is 0 Å².